The van der Waals surface area contributed by atoms with Crippen molar-refractivity contribution >= 4 is 5.91 Å². The van der Waals surface area contributed by atoms with E-state index in [1.807, 2.05) is 0 Å². The van der Waals surface area contributed by atoms with Gasteiger partial charge in [-0.2, -0.15) is 0 Å². The van der Waals surface area contributed by atoms with Crippen molar-refractivity contribution < 1.29 is 15.0 Å². The molecule has 0 spiro atoms. The summed E-state index contributed by atoms with van der Waals surface area (Å²) in [5, 5.41) is 24.2. The average Bonchev–Trinajstić information content (AvgIpc) is 2.48. The summed E-state index contributed by atoms with van der Waals surface area (Å²) < 4.78 is 0. The Morgan fingerprint density at radius 1 is 1.00 bits per heavy atom. The second kappa shape index (κ2) is 5.19. The van der Waals surface area contributed by atoms with Gasteiger partial charge in [-0.15, -0.1) is 0 Å². The van der Waals surface area contributed by atoms with E-state index in [1.165, 1.54) is 0 Å². The van der Waals surface area contributed by atoms with Crippen LogP contribution in [0, 0.1) is 29.1 Å². The lowest BCUT2D eigenvalue weighted by Gasteiger charge is -2.63. The van der Waals surface area contributed by atoms with Gasteiger partial charge in [-0.3, -0.25) is 4.79 Å². The number of aliphatic hydroxyl groups is 2. The van der Waals surface area contributed by atoms with E-state index in [-0.39, 0.29) is 35.0 Å². The highest BCUT2D eigenvalue weighted by Crippen LogP contribution is 2.62. The zero-order valence-corrected chi connectivity index (χ0v) is 14.4. The highest BCUT2D eigenvalue weighted by molar-refractivity contribution is 5.77. The Bertz CT molecular complexity index is 509. The van der Waals surface area contributed by atoms with Crippen LogP contribution >= 0.6 is 0 Å². The van der Waals surface area contributed by atoms with Gasteiger partial charge in [0.25, 0.3) is 0 Å². The quantitative estimate of drug-likeness (QED) is 0.641. The van der Waals surface area contributed by atoms with E-state index >= 15 is 0 Å². The number of hydrogen-bond donors (Lipinski definition) is 3. The Labute approximate surface area is 139 Å². The molecule has 3 unspecified atom stereocenters. The van der Waals surface area contributed by atoms with Gasteiger partial charge >= 0.3 is 0 Å². The van der Waals surface area contributed by atoms with Crippen LogP contribution in [0.2, 0.25) is 0 Å². The van der Waals surface area contributed by atoms with Crippen LogP contribution in [0.25, 0.3) is 0 Å². The number of aliphatic hydroxyl groups excluding tert-OH is 2. The number of fused-ring (bicyclic) bond motifs is 5. The van der Waals surface area contributed by atoms with Crippen molar-refractivity contribution in [2.75, 3.05) is 0 Å². The fourth-order valence-corrected chi connectivity index (χ4v) is 6.95. The molecule has 1 heterocycles. The van der Waals surface area contributed by atoms with Crippen molar-refractivity contribution in [3.63, 3.8) is 0 Å². The summed E-state index contributed by atoms with van der Waals surface area (Å²) in [6.07, 6.45) is 6.82. The summed E-state index contributed by atoms with van der Waals surface area (Å²) in [5.41, 5.74) is 0.0813. The Balaban J connectivity index is 1.65. The van der Waals surface area contributed by atoms with Crippen molar-refractivity contribution in [3.05, 3.63) is 0 Å². The van der Waals surface area contributed by atoms with E-state index in [0.717, 1.165) is 44.9 Å². The second-order valence-electron chi connectivity index (χ2n) is 9.26. The van der Waals surface area contributed by atoms with Gasteiger partial charge in [0.2, 0.25) is 5.91 Å². The van der Waals surface area contributed by atoms with Crippen LogP contribution in [0.1, 0.15) is 65.2 Å². The van der Waals surface area contributed by atoms with E-state index < -0.39 is 0 Å². The molecule has 4 nitrogen and oxygen atoms in total. The third kappa shape index (κ3) is 2.28. The number of carbonyl (C=O) groups excluding carboxylic acids is 1. The normalized spacial score (nSPS) is 56.1. The minimum absolute atomic E-state index is 0.0758. The molecule has 0 aromatic heterocycles. The lowest BCUT2D eigenvalue weighted by Crippen LogP contribution is -2.65. The molecule has 4 aliphatic rings. The largest absolute Gasteiger partial charge is 0.393 e. The summed E-state index contributed by atoms with van der Waals surface area (Å²) in [7, 11) is 0. The van der Waals surface area contributed by atoms with Crippen molar-refractivity contribution in [3.8, 4) is 0 Å². The Morgan fingerprint density at radius 2 is 1.78 bits per heavy atom. The summed E-state index contributed by atoms with van der Waals surface area (Å²) in [5.74, 6) is 2.09. The molecule has 3 aliphatic carbocycles. The van der Waals surface area contributed by atoms with Gasteiger partial charge in [0, 0.05) is 12.0 Å². The molecule has 4 heteroatoms. The van der Waals surface area contributed by atoms with Gasteiger partial charge in [0.05, 0.1) is 12.2 Å². The van der Waals surface area contributed by atoms with Crippen molar-refractivity contribution in [2.45, 2.75) is 83.0 Å². The maximum atomic E-state index is 11.9. The highest BCUT2D eigenvalue weighted by atomic mass is 16.3. The molecule has 3 N–H and O–H groups in total. The average molecular weight is 321 g/mol. The first-order valence-corrected chi connectivity index (χ1v) is 9.50. The first-order valence-electron chi connectivity index (χ1n) is 9.50. The van der Waals surface area contributed by atoms with Crippen LogP contribution in [-0.2, 0) is 4.79 Å². The molecule has 23 heavy (non-hydrogen) atoms. The van der Waals surface area contributed by atoms with E-state index in [0.29, 0.717) is 24.2 Å². The number of nitrogens with one attached hydrogen (secondary N) is 1. The van der Waals surface area contributed by atoms with Crippen LogP contribution in [0.4, 0.5) is 0 Å². The fourth-order valence-electron chi connectivity index (χ4n) is 6.95. The Hall–Kier alpha value is -0.610. The number of carbonyl (C=O) groups is 1. The van der Waals surface area contributed by atoms with Crippen molar-refractivity contribution in [1.82, 2.24) is 5.32 Å². The van der Waals surface area contributed by atoms with E-state index in [4.69, 9.17) is 0 Å². The molecule has 4 fully saturated rings. The molecular weight excluding hydrogens is 290 g/mol. The molecule has 0 bridgehead atoms. The molecule has 1 saturated heterocycles. The number of hydrogen-bond acceptors (Lipinski definition) is 3. The van der Waals surface area contributed by atoms with Crippen LogP contribution in [0.15, 0.2) is 0 Å². The van der Waals surface area contributed by atoms with Crippen molar-refractivity contribution in [2.24, 2.45) is 29.1 Å². The predicted molar refractivity (Wildman–Crippen MR) is 87.6 cm³/mol. The molecule has 4 rings (SSSR count). The SMILES string of the molecule is C[C@]12CCC(O)CC1C(O)C[C@@H]1[C@@H]2CC[C@]2(C)NC(=O)CC[C@@H]12. The van der Waals surface area contributed by atoms with Gasteiger partial charge in [-0.05, 0) is 81.0 Å². The van der Waals surface area contributed by atoms with Gasteiger partial charge in [-0.25, -0.2) is 0 Å². The fraction of sp³-hybridized carbons (Fsp3) is 0.947. The first-order chi connectivity index (χ1) is 10.8. The number of amides is 1. The molecular formula is C19H31NO3. The third-order valence-electron chi connectivity index (χ3n) is 8.15. The lowest BCUT2D eigenvalue weighted by atomic mass is 9.44. The highest BCUT2D eigenvalue weighted by Gasteiger charge is 2.60. The number of rotatable bonds is 0. The summed E-state index contributed by atoms with van der Waals surface area (Å²) >= 11 is 0. The topological polar surface area (TPSA) is 69.6 Å². The molecule has 0 radical (unpaired) electrons. The van der Waals surface area contributed by atoms with E-state index in [1.54, 1.807) is 0 Å². The van der Waals surface area contributed by atoms with E-state index in [9.17, 15) is 15.0 Å². The summed E-state index contributed by atoms with van der Waals surface area (Å²) in [6, 6.07) is 0. The summed E-state index contributed by atoms with van der Waals surface area (Å²) in [4.78, 5) is 11.9. The van der Waals surface area contributed by atoms with E-state index in [2.05, 4.69) is 19.2 Å². The molecule has 3 saturated carbocycles. The zero-order chi connectivity index (χ0) is 16.4. The maximum Gasteiger partial charge on any atom is 0.220 e. The molecule has 1 aliphatic heterocycles. The second-order valence-corrected chi connectivity index (χ2v) is 9.26. The molecule has 130 valence electrons. The Morgan fingerprint density at radius 3 is 2.57 bits per heavy atom. The van der Waals surface area contributed by atoms with Crippen molar-refractivity contribution in [1.29, 1.82) is 0 Å². The predicted octanol–water partition coefficient (Wildman–Crippen LogP) is 2.23. The minimum atomic E-state index is -0.295. The maximum absolute atomic E-state index is 11.9. The molecule has 8 atom stereocenters. The van der Waals surface area contributed by atoms with Gasteiger partial charge in [-0.1, -0.05) is 6.92 Å². The first kappa shape index (κ1) is 15.9. The van der Waals surface area contributed by atoms with Gasteiger partial charge < -0.3 is 15.5 Å². The molecule has 1 amide bonds. The monoisotopic (exact) mass is 321 g/mol. The smallest absolute Gasteiger partial charge is 0.220 e. The summed E-state index contributed by atoms with van der Waals surface area (Å²) in [6.45, 7) is 4.59. The standard InChI is InChI=1S/C19H31NO3/c1-18-7-5-11(21)9-15(18)16(22)10-12-13(18)6-8-19(2)14(12)3-4-17(23)20-19/h11-16,21-22H,3-10H2,1-2H3,(H,20,23)/t11?,12-,13+,14+,15?,16?,18-,19+/m1/s1. The van der Waals surface area contributed by atoms with Crippen LogP contribution in [0.5, 0.6) is 0 Å². The van der Waals surface area contributed by atoms with Crippen LogP contribution < -0.4 is 5.32 Å². The van der Waals surface area contributed by atoms with Gasteiger partial charge in [0.1, 0.15) is 0 Å². The third-order valence-corrected chi connectivity index (χ3v) is 8.15. The molecule has 0 aromatic rings. The zero-order valence-electron chi connectivity index (χ0n) is 14.4. The number of piperidine rings is 1. The van der Waals surface area contributed by atoms with Gasteiger partial charge in [0.15, 0.2) is 0 Å². The van der Waals surface area contributed by atoms with Crippen LogP contribution in [-0.4, -0.2) is 33.9 Å². The van der Waals surface area contributed by atoms with Crippen LogP contribution in [0.3, 0.4) is 0 Å². The lowest BCUT2D eigenvalue weighted by molar-refractivity contribution is -0.171. The minimum Gasteiger partial charge on any atom is -0.393 e. The Kier molecular flexibility index (Phi) is 3.59. The molecule has 0 aromatic carbocycles.